The minimum Gasteiger partial charge on any atom is -0.323 e. The second-order valence-corrected chi connectivity index (χ2v) is 8.67. The van der Waals surface area contributed by atoms with Gasteiger partial charge >= 0.3 is 0 Å². The zero-order valence-electron chi connectivity index (χ0n) is 18.0. The summed E-state index contributed by atoms with van der Waals surface area (Å²) in [6.45, 7) is 9.15. The van der Waals surface area contributed by atoms with E-state index in [1.54, 1.807) is 11.8 Å². The van der Waals surface area contributed by atoms with E-state index in [0.29, 0.717) is 0 Å². The fourth-order valence-electron chi connectivity index (χ4n) is 3.75. The Bertz CT molecular complexity index is 1170. The highest BCUT2D eigenvalue weighted by molar-refractivity contribution is 7.98. The maximum absolute atomic E-state index is 5.04. The molecular formula is C27H28N2S. The second-order valence-electron chi connectivity index (χ2n) is 7.79. The fraction of sp³-hybridized carbons (Fsp3) is 0.222. The predicted octanol–water partition coefficient (Wildman–Crippen LogP) is 6.99. The molecular weight excluding hydrogens is 384 g/mol. The summed E-state index contributed by atoms with van der Waals surface area (Å²) in [5.74, 6) is 1.10. The van der Waals surface area contributed by atoms with Crippen LogP contribution in [0.25, 0.3) is 16.6 Å². The van der Waals surface area contributed by atoms with Crippen molar-refractivity contribution in [3.8, 4) is 0 Å². The average Bonchev–Trinajstić information content (AvgIpc) is 3.11. The third kappa shape index (κ3) is 4.36. The lowest BCUT2D eigenvalue weighted by Crippen LogP contribution is -2.06. The number of allylic oxidation sites excluding steroid dienone is 1. The normalized spacial score (nSPS) is 11.2. The van der Waals surface area contributed by atoms with Crippen LogP contribution in [-0.2, 0) is 19.4 Å². The minimum atomic E-state index is 0.819. The molecule has 0 saturated carbocycles. The van der Waals surface area contributed by atoms with E-state index in [0.717, 1.165) is 41.9 Å². The number of thioether (sulfide) groups is 1. The Kier molecular flexibility index (Phi) is 6.10. The highest BCUT2D eigenvalue weighted by Crippen LogP contribution is 2.25. The van der Waals surface area contributed by atoms with Gasteiger partial charge in [-0.1, -0.05) is 61.5 Å². The first-order valence-corrected chi connectivity index (χ1v) is 11.7. The van der Waals surface area contributed by atoms with Crippen LogP contribution in [0, 0.1) is 0 Å². The molecule has 2 nitrogen and oxygen atoms in total. The second kappa shape index (κ2) is 8.93. The highest BCUT2D eigenvalue weighted by Gasteiger charge is 2.13. The first-order valence-electron chi connectivity index (χ1n) is 10.4. The molecule has 3 aromatic carbocycles. The van der Waals surface area contributed by atoms with Gasteiger partial charge in [0.2, 0.25) is 0 Å². The van der Waals surface area contributed by atoms with Gasteiger partial charge in [-0.25, -0.2) is 4.98 Å². The number of aryl methyl sites for hydroxylation is 1. The molecule has 4 rings (SSSR count). The van der Waals surface area contributed by atoms with Gasteiger partial charge in [0, 0.05) is 17.9 Å². The summed E-state index contributed by atoms with van der Waals surface area (Å²) in [4.78, 5) is 6.33. The van der Waals surface area contributed by atoms with Gasteiger partial charge in [0.1, 0.15) is 5.82 Å². The Labute approximate surface area is 183 Å². The fourth-order valence-corrected chi connectivity index (χ4v) is 4.15. The van der Waals surface area contributed by atoms with E-state index in [9.17, 15) is 0 Å². The summed E-state index contributed by atoms with van der Waals surface area (Å²) in [7, 11) is 0. The van der Waals surface area contributed by atoms with Crippen molar-refractivity contribution < 1.29 is 0 Å². The number of hydrogen-bond donors (Lipinski definition) is 0. The SMILES string of the molecule is C=C(C)c1ccc2c(c1)nc(Cc1ccc(CC)cc1)n2Cc1ccc(SC)cc1. The molecule has 0 bridgehead atoms. The zero-order chi connectivity index (χ0) is 21.1. The van der Waals surface area contributed by atoms with E-state index in [4.69, 9.17) is 4.98 Å². The van der Waals surface area contributed by atoms with Gasteiger partial charge in [0.05, 0.1) is 11.0 Å². The standard InChI is InChI=1S/C27H28N2S/c1-5-20-6-8-21(9-7-20)16-27-28-25-17-23(19(2)3)12-15-26(25)29(27)18-22-10-13-24(30-4)14-11-22/h6-15,17H,2,5,16,18H2,1,3-4H3. The van der Waals surface area contributed by atoms with Crippen LogP contribution in [0.15, 0.2) is 78.2 Å². The molecule has 4 aromatic rings. The Morgan fingerprint density at radius 3 is 2.23 bits per heavy atom. The molecule has 3 heteroatoms. The summed E-state index contributed by atoms with van der Waals surface area (Å²) in [6, 6.07) is 24.2. The van der Waals surface area contributed by atoms with Crippen molar-refractivity contribution in [3.05, 3.63) is 101 Å². The van der Waals surface area contributed by atoms with E-state index in [2.05, 4.69) is 91.1 Å². The van der Waals surface area contributed by atoms with Gasteiger partial charge in [-0.2, -0.15) is 0 Å². The van der Waals surface area contributed by atoms with E-state index >= 15 is 0 Å². The molecule has 0 aliphatic carbocycles. The van der Waals surface area contributed by atoms with Crippen LogP contribution in [0.4, 0.5) is 0 Å². The van der Waals surface area contributed by atoms with Crippen LogP contribution < -0.4 is 0 Å². The molecule has 0 spiro atoms. The monoisotopic (exact) mass is 412 g/mol. The molecule has 0 fully saturated rings. The molecule has 0 unspecified atom stereocenters. The summed E-state index contributed by atoms with van der Waals surface area (Å²) in [5, 5.41) is 0. The largest absolute Gasteiger partial charge is 0.323 e. The Hall–Kier alpha value is -2.78. The van der Waals surface area contributed by atoms with Crippen LogP contribution in [-0.4, -0.2) is 15.8 Å². The first kappa shape index (κ1) is 20.5. The molecule has 0 amide bonds. The zero-order valence-corrected chi connectivity index (χ0v) is 18.8. The Balaban J connectivity index is 1.75. The molecule has 1 heterocycles. The van der Waals surface area contributed by atoms with E-state index in [1.165, 1.54) is 27.1 Å². The highest BCUT2D eigenvalue weighted by atomic mass is 32.2. The van der Waals surface area contributed by atoms with Gasteiger partial charge in [-0.05, 0) is 66.1 Å². The number of imidazole rings is 1. The van der Waals surface area contributed by atoms with E-state index < -0.39 is 0 Å². The predicted molar refractivity (Wildman–Crippen MR) is 130 cm³/mol. The van der Waals surface area contributed by atoms with Gasteiger partial charge < -0.3 is 4.57 Å². The molecule has 0 saturated heterocycles. The van der Waals surface area contributed by atoms with Crippen molar-refractivity contribution in [2.45, 2.75) is 38.1 Å². The Morgan fingerprint density at radius 2 is 1.60 bits per heavy atom. The molecule has 0 aliphatic heterocycles. The Morgan fingerprint density at radius 1 is 0.933 bits per heavy atom. The van der Waals surface area contributed by atoms with Crippen molar-refractivity contribution in [1.29, 1.82) is 0 Å². The summed E-state index contributed by atoms with van der Waals surface area (Å²) >= 11 is 1.77. The number of rotatable bonds is 7. The average molecular weight is 413 g/mol. The smallest absolute Gasteiger partial charge is 0.114 e. The molecule has 0 N–H and O–H groups in total. The third-order valence-corrected chi connectivity index (χ3v) is 6.36. The van der Waals surface area contributed by atoms with E-state index in [1.807, 2.05) is 6.92 Å². The number of fused-ring (bicyclic) bond motifs is 1. The van der Waals surface area contributed by atoms with Crippen LogP contribution in [0.1, 0.15) is 41.9 Å². The summed E-state index contributed by atoms with van der Waals surface area (Å²) in [6.07, 6.45) is 4.00. The molecule has 1 aromatic heterocycles. The first-order chi connectivity index (χ1) is 14.6. The minimum absolute atomic E-state index is 0.819. The summed E-state index contributed by atoms with van der Waals surface area (Å²) < 4.78 is 2.36. The van der Waals surface area contributed by atoms with Crippen LogP contribution in [0.3, 0.4) is 0 Å². The van der Waals surface area contributed by atoms with E-state index in [-0.39, 0.29) is 0 Å². The van der Waals surface area contributed by atoms with Gasteiger partial charge in [0.15, 0.2) is 0 Å². The number of nitrogens with zero attached hydrogens (tertiary/aromatic N) is 2. The van der Waals surface area contributed by atoms with Crippen LogP contribution in [0.5, 0.6) is 0 Å². The molecule has 152 valence electrons. The summed E-state index contributed by atoms with van der Waals surface area (Å²) in [5.41, 5.74) is 8.38. The number of benzene rings is 3. The van der Waals surface area contributed by atoms with Gasteiger partial charge in [0.25, 0.3) is 0 Å². The third-order valence-electron chi connectivity index (χ3n) is 5.61. The quantitative estimate of drug-likeness (QED) is 0.304. The lowest BCUT2D eigenvalue weighted by atomic mass is 10.1. The maximum atomic E-state index is 5.04. The van der Waals surface area contributed by atoms with Crippen molar-refractivity contribution in [2.75, 3.05) is 6.26 Å². The van der Waals surface area contributed by atoms with Crippen molar-refractivity contribution in [3.63, 3.8) is 0 Å². The lowest BCUT2D eigenvalue weighted by molar-refractivity contribution is 0.762. The van der Waals surface area contributed by atoms with Crippen molar-refractivity contribution in [1.82, 2.24) is 9.55 Å². The molecule has 0 atom stereocenters. The molecule has 0 radical (unpaired) electrons. The molecule has 0 aliphatic rings. The lowest BCUT2D eigenvalue weighted by Gasteiger charge is -2.11. The van der Waals surface area contributed by atoms with Crippen molar-refractivity contribution in [2.24, 2.45) is 0 Å². The number of hydrogen-bond acceptors (Lipinski definition) is 2. The van der Waals surface area contributed by atoms with Crippen LogP contribution in [0.2, 0.25) is 0 Å². The van der Waals surface area contributed by atoms with Crippen LogP contribution >= 0.6 is 11.8 Å². The number of aromatic nitrogens is 2. The van der Waals surface area contributed by atoms with Gasteiger partial charge in [-0.3, -0.25) is 0 Å². The van der Waals surface area contributed by atoms with Crippen molar-refractivity contribution >= 4 is 28.4 Å². The topological polar surface area (TPSA) is 17.8 Å². The maximum Gasteiger partial charge on any atom is 0.114 e. The molecule has 30 heavy (non-hydrogen) atoms. The van der Waals surface area contributed by atoms with Gasteiger partial charge in [-0.15, -0.1) is 11.8 Å².